The van der Waals surface area contributed by atoms with Crippen molar-refractivity contribution in [1.29, 1.82) is 0 Å². The van der Waals surface area contributed by atoms with Crippen LogP contribution in [0.1, 0.15) is 25.0 Å². The number of methoxy groups -OCH3 is 1. The van der Waals surface area contributed by atoms with Crippen LogP contribution in [0.15, 0.2) is 83.3 Å². The fourth-order valence-electron chi connectivity index (χ4n) is 4.15. The van der Waals surface area contributed by atoms with Crippen LogP contribution >= 0.6 is 15.9 Å². The molecular formula is C29H34BrN3O5S. The van der Waals surface area contributed by atoms with Gasteiger partial charge in [-0.1, -0.05) is 64.5 Å². The largest absolute Gasteiger partial charge is 0.497 e. The van der Waals surface area contributed by atoms with Crippen LogP contribution in [-0.2, 0) is 32.6 Å². The molecule has 3 aromatic carbocycles. The van der Waals surface area contributed by atoms with Crippen molar-refractivity contribution in [3.05, 3.63) is 94.5 Å². The number of halogens is 1. The molecule has 1 N–H and O–H groups in total. The highest BCUT2D eigenvalue weighted by molar-refractivity contribution is 9.10. The SMILES string of the molecule is COc1cccc(CN(C(=O)CN(c2cccc(Br)c2)S(C)(=O)=O)[C@H](Cc2ccccc2)C(=O)NC(C)C)c1. The zero-order valence-electron chi connectivity index (χ0n) is 22.5. The quantitative estimate of drug-likeness (QED) is 0.326. The summed E-state index contributed by atoms with van der Waals surface area (Å²) in [6, 6.07) is 22.3. The molecule has 208 valence electrons. The smallest absolute Gasteiger partial charge is 0.244 e. The number of nitrogens with one attached hydrogen (secondary N) is 1. The molecule has 0 aromatic heterocycles. The van der Waals surface area contributed by atoms with Crippen molar-refractivity contribution < 1.29 is 22.7 Å². The van der Waals surface area contributed by atoms with Crippen molar-refractivity contribution in [2.24, 2.45) is 0 Å². The fraction of sp³-hybridized carbons (Fsp3) is 0.310. The standard InChI is InChI=1S/C29H34BrN3O5S/c1-21(2)31-29(35)27(17-22-10-6-5-7-11-22)32(19-23-12-8-15-26(16-23)38-3)28(34)20-33(39(4,36)37)25-14-9-13-24(30)18-25/h5-16,18,21,27H,17,19-20H2,1-4H3,(H,31,35)/t27-/m1/s1. The Morgan fingerprint density at radius 3 is 2.23 bits per heavy atom. The van der Waals surface area contributed by atoms with E-state index < -0.39 is 28.5 Å². The van der Waals surface area contributed by atoms with E-state index in [1.54, 1.807) is 43.5 Å². The molecule has 0 spiro atoms. The molecule has 0 unspecified atom stereocenters. The maximum atomic E-state index is 14.0. The lowest BCUT2D eigenvalue weighted by Crippen LogP contribution is -2.54. The lowest BCUT2D eigenvalue weighted by Gasteiger charge is -2.34. The molecule has 0 fully saturated rings. The molecule has 8 nitrogen and oxygen atoms in total. The molecule has 1 atom stereocenters. The molecule has 0 aliphatic heterocycles. The summed E-state index contributed by atoms with van der Waals surface area (Å²) in [6.45, 7) is 3.31. The number of carbonyl (C=O) groups excluding carboxylic acids is 2. The average Bonchev–Trinajstić information content (AvgIpc) is 2.88. The third-order valence-electron chi connectivity index (χ3n) is 5.96. The average molecular weight is 617 g/mol. The van der Waals surface area contributed by atoms with Crippen LogP contribution in [0.3, 0.4) is 0 Å². The first kappa shape index (κ1) is 30.2. The van der Waals surface area contributed by atoms with E-state index in [0.717, 1.165) is 21.7 Å². The normalized spacial score (nSPS) is 12.1. The second kappa shape index (κ2) is 13.6. The molecule has 2 amide bonds. The summed E-state index contributed by atoms with van der Waals surface area (Å²) in [6.07, 6.45) is 1.31. The Bertz CT molecular complexity index is 1380. The van der Waals surface area contributed by atoms with Gasteiger partial charge in [-0.15, -0.1) is 0 Å². The van der Waals surface area contributed by atoms with E-state index in [2.05, 4.69) is 21.2 Å². The fourth-order valence-corrected chi connectivity index (χ4v) is 5.38. The van der Waals surface area contributed by atoms with Crippen molar-refractivity contribution >= 4 is 43.5 Å². The molecule has 10 heteroatoms. The van der Waals surface area contributed by atoms with Gasteiger partial charge in [0.05, 0.1) is 19.1 Å². The molecule has 0 aliphatic rings. The number of ether oxygens (including phenoxy) is 1. The number of benzene rings is 3. The predicted molar refractivity (Wildman–Crippen MR) is 157 cm³/mol. The van der Waals surface area contributed by atoms with Crippen LogP contribution in [0.4, 0.5) is 5.69 Å². The molecule has 3 aromatic rings. The van der Waals surface area contributed by atoms with E-state index in [4.69, 9.17) is 4.74 Å². The van der Waals surface area contributed by atoms with Crippen LogP contribution in [0, 0.1) is 0 Å². The number of sulfonamides is 1. The van der Waals surface area contributed by atoms with Gasteiger partial charge in [0.1, 0.15) is 18.3 Å². The lowest BCUT2D eigenvalue weighted by molar-refractivity contribution is -0.140. The first-order valence-corrected chi connectivity index (χ1v) is 15.1. The Morgan fingerprint density at radius 1 is 0.949 bits per heavy atom. The first-order valence-electron chi connectivity index (χ1n) is 12.5. The Balaban J connectivity index is 2.07. The van der Waals surface area contributed by atoms with Crippen molar-refractivity contribution in [2.75, 3.05) is 24.2 Å². The third kappa shape index (κ3) is 8.83. The Kier molecular flexibility index (Phi) is 10.5. The van der Waals surface area contributed by atoms with Crippen molar-refractivity contribution in [2.45, 2.75) is 38.9 Å². The van der Waals surface area contributed by atoms with Crippen molar-refractivity contribution in [3.8, 4) is 5.75 Å². The molecule has 0 heterocycles. The summed E-state index contributed by atoms with van der Waals surface area (Å²) in [7, 11) is -2.27. The van der Waals surface area contributed by atoms with Gasteiger partial charge in [-0.3, -0.25) is 13.9 Å². The summed E-state index contributed by atoms with van der Waals surface area (Å²) >= 11 is 3.37. The number of nitrogens with zero attached hydrogens (tertiary/aromatic N) is 2. The lowest BCUT2D eigenvalue weighted by atomic mass is 10.0. The molecule has 0 aliphatic carbocycles. The van der Waals surface area contributed by atoms with E-state index in [-0.39, 0.29) is 24.9 Å². The second-order valence-electron chi connectivity index (χ2n) is 9.49. The molecule has 0 saturated heterocycles. The van der Waals surface area contributed by atoms with Gasteiger partial charge < -0.3 is 15.0 Å². The van der Waals surface area contributed by atoms with Gasteiger partial charge in [0.25, 0.3) is 0 Å². The third-order valence-corrected chi connectivity index (χ3v) is 7.60. The number of rotatable bonds is 12. The van der Waals surface area contributed by atoms with Gasteiger partial charge in [0, 0.05) is 23.5 Å². The number of anilines is 1. The number of hydrogen-bond acceptors (Lipinski definition) is 5. The van der Waals surface area contributed by atoms with Crippen LogP contribution in [0.25, 0.3) is 0 Å². The van der Waals surface area contributed by atoms with Gasteiger partial charge >= 0.3 is 0 Å². The number of amides is 2. The molecular weight excluding hydrogens is 582 g/mol. The maximum Gasteiger partial charge on any atom is 0.244 e. The van der Waals surface area contributed by atoms with Crippen LogP contribution in [0.2, 0.25) is 0 Å². The summed E-state index contributed by atoms with van der Waals surface area (Å²) in [4.78, 5) is 29.0. The predicted octanol–water partition coefficient (Wildman–Crippen LogP) is 4.39. The van der Waals surface area contributed by atoms with E-state index in [1.807, 2.05) is 56.3 Å². The first-order chi connectivity index (χ1) is 18.5. The highest BCUT2D eigenvalue weighted by Crippen LogP contribution is 2.24. The second-order valence-corrected chi connectivity index (χ2v) is 12.3. The van der Waals surface area contributed by atoms with Crippen LogP contribution in [0.5, 0.6) is 5.75 Å². The minimum Gasteiger partial charge on any atom is -0.497 e. The van der Waals surface area contributed by atoms with E-state index >= 15 is 0 Å². The Labute approximate surface area is 239 Å². The maximum absolute atomic E-state index is 14.0. The highest BCUT2D eigenvalue weighted by atomic mass is 79.9. The summed E-state index contributed by atoms with van der Waals surface area (Å²) in [5.41, 5.74) is 1.95. The van der Waals surface area contributed by atoms with E-state index in [0.29, 0.717) is 15.9 Å². The minimum absolute atomic E-state index is 0.0785. The molecule has 0 radical (unpaired) electrons. The summed E-state index contributed by atoms with van der Waals surface area (Å²) < 4.78 is 32.7. The number of carbonyl (C=O) groups is 2. The monoisotopic (exact) mass is 615 g/mol. The highest BCUT2D eigenvalue weighted by Gasteiger charge is 2.33. The topological polar surface area (TPSA) is 96.0 Å². The van der Waals surface area contributed by atoms with Gasteiger partial charge in [-0.05, 0) is 55.3 Å². The molecule has 3 rings (SSSR count). The van der Waals surface area contributed by atoms with Gasteiger partial charge in [0.2, 0.25) is 21.8 Å². The minimum atomic E-state index is -3.83. The zero-order chi connectivity index (χ0) is 28.6. The molecule has 0 saturated carbocycles. The van der Waals surface area contributed by atoms with E-state index in [1.165, 1.54) is 4.90 Å². The Morgan fingerprint density at radius 2 is 1.62 bits per heavy atom. The summed E-state index contributed by atoms with van der Waals surface area (Å²) in [5.74, 6) is -0.223. The van der Waals surface area contributed by atoms with Gasteiger partial charge in [-0.25, -0.2) is 8.42 Å². The summed E-state index contributed by atoms with van der Waals surface area (Å²) in [5, 5.41) is 2.93. The van der Waals surface area contributed by atoms with Crippen molar-refractivity contribution in [1.82, 2.24) is 10.2 Å². The van der Waals surface area contributed by atoms with Gasteiger partial charge in [-0.2, -0.15) is 0 Å². The van der Waals surface area contributed by atoms with E-state index in [9.17, 15) is 18.0 Å². The van der Waals surface area contributed by atoms with Crippen molar-refractivity contribution in [3.63, 3.8) is 0 Å². The number of hydrogen-bond donors (Lipinski definition) is 1. The van der Waals surface area contributed by atoms with Crippen LogP contribution < -0.4 is 14.4 Å². The van der Waals surface area contributed by atoms with Crippen LogP contribution in [-0.4, -0.2) is 57.1 Å². The van der Waals surface area contributed by atoms with Gasteiger partial charge in [0.15, 0.2) is 0 Å². The Hall–Kier alpha value is -3.37. The zero-order valence-corrected chi connectivity index (χ0v) is 24.9. The molecule has 0 bridgehead atoms. The molecule has 39 heavy (non-hydrogen) atoms.